The molecule has 0 saturated carbocycles. The van der Waals surface area contributed by atoms with Crippen LogP contribution in [-0.4, -0.2) is 45.4 Å². The number of anilines is 1. The molecule has 7 nitrogen and oxygen atoms in total. The summed E-state index contributed by atoms with van der Waals surface area (Å²) in [5, 5.41) is 5.26. The van der Waals surface area contributed by atoms with Crippen LogP contribution in [0.25, 0.3) is 0 Å². The third kappa shape index (κ3) is 6.66. The van der Waals surface area contributed by atoms with E-state index in [0.717, 1.165) is 6.26 Å². The molecule has 0 aromatic heterocycles. The highest BCUT2D eigenvalue weighted by Gasteiger charge is 2.24. The molecule has 0 heterocycles. The maximum atomic E-state index is 12.7. The van der Waals surface area contributed by atoms with Crippen LogP contribution in [0.1, 0.15) is 22.3 Å². The minimum absolute atomic E-state index is 0.0830. The molecule has 2 aromatic carbocycles. The predicted octanol–water partition coefficient (Wildman–Crippen LogP) is 1.85. The van der Waals surface area contributed by atoms with E-state index in [0.29, 0.717) is 17.0 Å². The summed E-state index contributed by atoms with van der Waals surface area (Å²) in [4.78, 5) is 25.4. The fraction of sp³-hybridized carbons (Fsp3) is 0.238. The largest absolute Gasteiger partial charge is 0.496 e. The van der Waals surface area contributed by atoms with Gasteiger partial charge in [-0.2, -0.15) is 0 Å². The van der Waals surface area contributed by atoms with Crippen LogP contribution in [0, 0.1) is 12.3 Å². The Morgan fingerprint density at radius 1 is 1.17 bits per heavy atom. The number of benzene rings is 2. The van der Waals surface area contributed by atoms with Gasteiger partial charge in [0.05, 0.1) is 18.4 Å². The van der Waals surface area contributed by atoms with Crippen LogP contribution in [0.4, 0.5) is 5.69 Å². The zero-order chi connectivity index (χ0) is 21.4. The zero-order valence-electron chi connectivity index (χ0n) is 16.1. The van der Waals surface area contributed by atoms with Gasteiger partial charge in [-0.25, -0.2) is 8.42 Å². The maximum Gasteiger partial charge on any atom is 0.255 e. The summed E-state index contributed by atoms with van der Waals surface area (Å²) in [5.41, 5.74) is 1.26. The second-order valence-electron chi connectivity index (χ2n) is 6.36. The Kier molecular flexibility index (Phi) is 7.39. The van der Waals surface area contributed by atoms with E-state index in [2.05, 4.69) is 16.6 Å². The molecule has 0 radical (unpaired) electrons. The van der Waals surface area contributed by atoms with Crippen LogP contribution in [0.15, 0.2) is 48.5 Å². The number of ether oxygens (including phenoxy) is 1. The molecule has 0 aliphatic heterocycles. The van der Waals surface area contributed by atoms with Gasteiger partial charge >= 0.3 is 0 Å². The van der Waals surface area contributed by atoms with Gasteiger partial charge in [0.2, 0.25) is 5.91 Å². The molecule has 2 N–H and O–H groups in total. The van der Waals surface area contributed by atoms with Gasteiger partial charge in [-0.05, 0) is 36.8 Å². The number of methoxy groups -OCH3 is 1. The van der Waals surface area contributed by atoms with Gasteiger partial charge < -0.3 is 15.4 Å². The number of nitrogens with one attached hydrogen (secondary N) is 2. The van der Waals surface area contributed by atoms with Crippen molar-refractivity contribution >= 4 is 27.3 Å². The first-order valence-electron chi connectivity index (χ1n) is 8.72. The highest BCUT2D eigenvalue weighted by atomic mass is 32.2. The Morgan fingerprint density at radius 3 is 2.55 bits per heavy atom. The van der Waals surface area contributed by atoms with Crippen molar-refractivity contribution in [2.75, 3.05) is 24.4 Å². The summed E-state index contributed by atoms with van der Waals surface area (Å²) in [5.74, 6) is 1.45. The Hall–Kier alpha value is -3.31. The molecular weight excluding hydrogens is 392 g/mol. The first-order valence-corrected chi connectivity index (χ1v) is 10.8. The minimum atomic E-state index is -3.33. The van der Waals surface area contributed by atoms with Crippen LogP contribution < -0.4 is 15.4 Å². The van der Waals surface area contributed by atoms with Crippen LogP contribution in [0.5, 0.6) is 5.75 Å². The van der Waals surface area contributed by atoms with E-state index in [1.54, 1.807) is 48.5 Å². The lowest BCUT2D eigenvalue weighted by atomic mass is 10.1. The third-order valence-electron chi connectivity index (χ3n) is 4.05. The fourth-order valence-electron chi connectivity index (χ4n) is 2.59. The van der Waals surface area contributed by atoms with Crippen molar-refractivity contribution in [3.05, 3.63) is 59.7 Å². The van der Waals surface area contributed by atoms with Gasteiger partial charge in [0.15, 0.2) is 0 Å². The molecule has 152 valence electrons. The molecule has 29 heavy (non-hydrogen) atoms. The maximum absolute atomic E-state index is 12.7. The quantitative estimate of drug-likeness (QED) is 0.642. The topological polar surface area (TPSA) is 102 Å². The Bertz CT molecular complexity index is 1040. The standard InChI is InChI=1S/C21H22N2O5S/c1-4-15-8-7-9-16(14-15)22-21(25)18(12-13-29(3,26)27)23-20(24)17-10-5-6-11-19(17)28-2/h1,5-11,14,18H,12-13H2,2-3H3,(H,22,25)(H,23,24)/t18-/m1/s1. The van der Waals surface area contributed by atoms with Crippen molar-refractivity contribution in [2.24, 2.45) is 0 Å². The number of amides is 2. The molecule has 0 fully saturated rings. The van der Waals surface area contributed by atoms with Crippen LogP contribution in [0.3, 0.4) is 0 Å². The highest BCUT2D eigenvalue weighted by molar-refractivity contribution is 7.90. The number of terminal acetylenes is 1. The van der Waals surface area contributed by atoms with Gasteiger partial charge in [0.25, 0.3) is 5.91 Å². The first-order chi connectivity index (χ1) is 13.7. The average Bonchev–Trinajstić information content (AvgIpc) is 2.70. The molecule has 0 aliphatic carbocycles. The van der Waals surface area contributed by atoms with Crippen molar-refractivity contribution in [3.63, 3.8) is 0 Å². The molecule has 8 heteroatoms. The number of carbonyl (C=O) groups is 2. The smallest absolute Gasteiger partial charge is 0.255 e. The summed E-state index contributed by atoms with van der Waals surface area (Å²) in [7, 11) is -1.90. The third-order valence-corrected chi connectivity index (χ3v) is 5.02. The van der Waals surface area contributed by atoms with Gasteiger partial charge in [0.1, 0.15) is 21.6 Å². The van der Waals surface area contributed by atoms with E-state index in [9.17, 15) is 18.0 Å². The summed E-state index contributed by atoms with van der Waals surface area (Å²) >= 11 is 0. The number of rotatable bonds is 8. The number of para-hydroxylation sites is 1. The number of sulfone groups is 1. The van der Waals surface area contributed by atoms with Crippen LogP contribution in [-0.2, 0) is 14.6 Å². The number of hydrogen-bond acceptors (Lipinski definition) is 5. The zero-order valence-corrected chi connectivity index (χ0v) is 17.0. The lowest BCUT2D eigenvalue weighted by molar-refractivity contribution is -0.118. The molecule has 2 rings (SSSR count). The summed E-state index contributed by atoms with van der Waals surface area (Å²) in [6.45, 7) is 0. The molecule has 2 aromatic rings. The fourth-order valence-corrected chi connectivity index (χ4v) is 3.25. The highest BCUT2D eigenvalue weighted by Crippen LogP contribution is 2.18. The Balaban J connectivity index is 2.22. The Labute approximate surface area is 170 Å². The van der Waals surface area contributed by atoms with Crippen LogP contribution in [0.2, 0.25) is 0 Å². The summed E-state index contributed by atoms with van der Waals surface area (Å²) < 4.78 is 28.3. The first kappa shape index (κ1) is 22.0. The summed E-state index contributed by atoms with van der Waals surface area (Å²) in [6.07, 6.45) is 6.35. The van der Waals surface area contributed by atoms with Gasteiger partial charge in [-0.1, -0.05) is 24.1 Å². The van der Waals surface area contributed by atoms with Crippen molar-refractivity contribution < 1.29 is 22.7 Å². The summed E-state index contributed by atoms with van der Waals surface area (Å²) in [6, 6.07) is 12.1. The van der Waals surface area contributed by atoms with E-state index >= 15 is 0 Å². The molecule has 2 amide bonds. The van der Waals surface area contributed by atoms with Gasteiger partial charge in [-0.3, -0.25) is 9.59 Å². The predicted molar refractivity (Wildman–Crippen MR) is 112 cm³/mol. The molecular formula is C21H22N2O5S. The van der Waals surface area contributed by atoms with Crippen molar-refractivity contribution in [2.45, 2.75) is 12.5 Å². The van der Waals surface area contributed by atoms with E-state index in [1.165, 1.54) is 7.11 Å². The monoisotopic (exact) mass is 414 g/mol. The SMILES string of the molecule is C#Cc1cccc(NC(=O)[C@@H](CCS(C)(=O)=O)NC(=O)c2ccccc2OC)c1. The van der Waals surface area contributed by atoms with Crippen molar-refractivity contribution in [1.82, 2.24) is 5.32 Å². The molecule has 0 spiro atoms. The molecule has 1 atom stereocenters. The van der Waals surface area contributed by atoms with E-state index in [-0.39, 0.29) is 17.7 Å². The molecule has 0 aliphatic rings. The lowest BCUT2D eigenvalue weighted by Gasteiger charge is -2.19. The normalized spacial score (nSPS) is 11.8. The number of carbonyl (C=O) groups excluding carboxylic acids is 2. The van der Waals surface area contributed by atoms with Crippen molar-refractivity contribution in [1.29, 1.82) is 0 Å². The molecule has 0 unspecified atom stereocenters. The average molecular weight is 414 g/mol. The van der Waals surface area contributed by atoms with Crippen molar-refractivity contribution in [3.8, 4) is 18.1 Å². The van der Waals surface area contributed by atoms with Gasteiger partial charge in [-0.15, -0.1) is 6.42 Å². The van der Waals surface area contributed by atoms with E-state index in [4.69, 9.17) is 11.2 Å². The van der Waals surface area contributed by atoms with Gasteiger partial charge in [0, 0.05) is 17.5 Å². The van der Waals surface area contributed by atoms with E-state index < -0.39 is 27.7 Å². The lowest BCUT2D eigenvalue weighted by Crippen LogP contribution is -2.44. The van der Waals surface area contributed by atoms with E-state index in [1.807, 2.05) is 0 Å². The number of hydrogen-bond donors (Lipinski definition) is 2. The molecule has 0 bridgehead atoms. The Morgan fingerprint density at radius 2 is 1.90 bits per heavy atom. The molecule has 0 saturated heterocycles. The second-order valence-corrected chi connectivity index (χ2v) is 8.62. The minimum Gasteiger partial charge on any atom is -0.496 e. The second kappa shape index (κ2) is 9.75. The van der Waals surface area contributed by atoms with Crippen LogP contribution >= 0.6 is 0 Å².